The van der Waals surface area contributed by atoms with Crippen molar-refractivity contribution in [1.82, 2.24) is 4.98 Å². The van der Waals surface area contributed by atoms with E-state index in [0.29, 0.717) is 4.47 Å². The number of aromatic nitrogens is 1. The molecule has 12 heavy (non-hydrogen) atoms. The summed E-state index contributed by atoms with van der Waals surface area (Å²) in [5, 5.41) is 2.04. The van der Waals surface area contributed by atoms with Gasteiger partial charge in [-0.25, -0.2) is 4.98 Å². The van der Waals surface area contributed by atoms with Crippen LogP contribution in [0.3, 0.4) is 0 Å². The largest absolute Gasteiger partial charge is 0.230 e. The van der Waals surface area contributed by atoms with Crippen molar-refractivity contribution in [3.8, 4) is 0 Å². The van der Waals surface area contributed by atoms with Crippen molar-refractivity contribution in [2.75, 3.05) is 0 Å². The van der Waals surface area contributed by atoms with E-state index in [1.807, 2.05) is 5.38 Å². The summed E-state index contributed by atoms with van der Waals surface area (Å²) in [6, 6.07) is 0. The monoisotopic (exact) mass is 203 g/mol. The van der Waals surface area contributed by atoms with Gasteiger partial charge in [0, 0.05) is 5.38 Å². The third-order valence-electron chi connectivity index (χ3n) is 1.74. The molecule has 0 aromatic carbocycles. The van der Waals surface area contributed by atoms with E-state index < -0.39 is 0 Å². The van der Waals surface area contributed by atoms with E-state index in [-0.39, 0.29) is 0 Å². The molecule has 0 spiro atoms. The smallest absolute Gasteiger partial charge is 0.183 e. The Labute approximate surface area is 82.8 Å². The van der Waals surface area contributed by atoms with Crippen molar-refractivity contribution >= 4 is 22.9 Å². The predicted molar refractivity (Wildman–Crippen MR) is 54.9 cm³/mol. The predicted octanol–water partition coefficient (Wildman–Crippen LogP) is 3.78. The average molecular weight is 204 g/mol. The minimum Gasteiger partial charge on any atom is -0.230 e. The lowest BCUT2D eigenvalue weighted by atomic mass is 10.1. The molecule has 0 atom stereocenters. The van der Waals surface area contributed by atoms with E-state index in [4.69, 9.17) is 11.6 Å². The quantitative estimate of drug-likeness (QED) is 0.726. The van der Waals surface area contributed by atoms with Gasteiger partial charge in [0.25, 0.3) is 0 Å². The molecule has 0 N–H and O–H groups in total. The van der Waals surface area contributed by atoms with Crippen LogP contribution < -0.4 is 0 Å². The summed E-state index contributed by atoms with van der Waals surface area (Å²) in [5.41, 5.74) is 1.14. The first-order valence-electron chi connectivity index (χ1n) is 4.28. The third kappa shape index (κ3) is 3.55. The second-order valence-corrected chi connectivity index (χ2v) is 4.82. The van der Waals surface area contributed by atoms with E-state index in [9.17, 15) is 0 Å². The summed E-state index contributed by atoms with van der Waals surface area (Å²) < 4.78 is 0.662. The fraction of sp³-hybridized carbons (Fsp3) is 0.667. The molecule has 0 bridgehead atoms. The molecule has 0 unspecified atom stereocenters. The number of nitrogens with zero attached hydrogens (tertiary/aromatic N) is 1. The van der Waals surface area contributed by atoms with Gasteiger partial charge in [-0.05, 0) is 18.8 Å². The van der Waals surface area contributed by atoms with Gasteiger partial charge in [-0.2, -0.15) is 0 Å². The van der Waals surface area contributed by atoms with Crippen LogP contribution in [0, 0.1) is 5.92 Å². The Morgan fingerprint density at radius 2 is 2.33 bits per heavy atom. The van der Waals surface area contributed by atoms with Gasteiger partial charge in [0.15, 0.2) is 4.47 Å². The third-order valence-corrected chi connectivity index (χ3v) is 2.77. The number of halogens is 1. The molecule has 1 heterocycles. The molecule has 1 aromatic rings. The molecular formula is C9H14ClNS. The van der Waals surface area contributed by atoms with Gasteiger partial charge in [0.1, 0.15) is 0 Å². The average Bonchev–Trinajstić information content (AvgIpc) is 2.35. The highest BCUT2D eigenvalue weighted by Crippen LogP contribution is 2.17. The molecule has 0 saturated carbocycles. The zero-order chi connectivity index (χ0) is 8.97. The molecule has 1 aromatic heterocycles. The highest BCUT2D eigenvalue weighted by Gasteiger charge is 2.00. The molecule has 0 fully saturated rings. The lowest BCUT2D eigenvalue weighted by Gasteiger charge is -2.01. The molecule has 0 radical (unpaired) electrons. The Morgan fingerprint density at radius 3 is 2.83 bits per heavy atom. The first-order valence-corrected chi connectivity index (χ1v) is 5.54. The van der Waals surface area contributed by atoms with Crippen molar-refractivity contribution in [1.29, 1.82) is 0 Å². The van der Waals surface area contributed by atoms with Gasteiger partial charge in [0.05, 0.1) is 5.69 Å². The SMILES string of the molecule is CC(C)CCCc1csc(Cl)n1. The Kier molecular flexibility index (Phi) is 4.02. The Balaban J connectivity index is 2.24. The fourth-order valence-corrected chi connectivity index (χ4v) is 1.90. The lowest BCUT2D eigenvalue weighted by Crippen LogP contribution is -1.90. The number of hydrogen-bond acceptors (Lipinski definition) is 2. The summed E-state index contributed by atoms with van der Waals surface area (Å²) >= 11 is 7.23. The second-order valence-electron chi connectivity index (χ2n) is 3.38. The number of hydrogen-bond donors (Lipinski definition) is 0. The molecule has 3 heteroatoms. The zero-order valence-electron chi connectivity index (χ0n) is 7.51. The number of thiazole rings is 1. The molecule has 0 saturated heterocycles. The van der Waals surface area contributed by atoms with Crippen molar-refractivity contribution in [3.05, 3.63) is 15.5 Å². The molecule has 1 rings (SSSR count). The normalized spacial score (nSPS) is 11.0. The maximum absolute atomic E-state index is 5.71. The molecule has 0 aliphatic carbocycles. The molecule has 0 amide bonds. The molecular weight excluding hydrogens is 190 g/mol. The van der Waals surface area contributed by atoms with Gasteiger partial charge in [-0.15, -0.1) is 11.3 Å². The van der Waals surface area contributed by atoms with E-state index in [2.05, 4.69) is 18.8 Å². The first-order chi connectivity index (χ1) is 5.68. The van der Waals surface area contributed by atoms with Crippen LogP contribution in [0.5, 0.6) is 0 Å². The summed E-state index contributed by atoms with van der Waals surface area (Å²) in [5.74, 6) is 0.791. The van der Waals surface area contributed by atoms with Gasteiger partial charge in [-0.3, -0.25) is 0 Å². The zero-order valence-corrected chi connectivity index (χ0v) is 9.08. The minimum absolute atomic E-state index is 0.662. The van der Waals surface area contributed by atoms with Crippen LogP contribution >= 0.6 is 22.9 Å². The van der Waals surface area contributed by atoms with Crippen LogP contribution in [0.25, 0.3) is 0 Å². The van der Waals surface area contributed by atoms with E-state index in [1.54, 1.807) is 0 Å². The van der Waals surface area contributed by atoms with Crippen LogP contribution in [0.15, 0.2) is 5.38 Å². The van der Waals surface area contributed by atoms with E-state index >= 15 is 0 Å². The second kappa shape index (κ2) is 4.83. The molecule has 0 aliphatic rings. The molecule has 1 nitrogen and oxygen atoms in total. The van der Waals surface area contributed by atoms with E-state index in [1.165, 1.54) is 24.2 Å². The van der Waals surface area contributed by atoms with Gasteiger partial charge < -0.3 is 0 Å². The molecule has 68 valence electrons. The standard InChI is InChI=1S/C9H14ClNS/c1-7(2)4-3-5-8-6-12-9(10)11-8/h6-7H,3-5H2,1-2H3. The van der Waals surface area contributed by atoms with Crippen LogP contribution in [0.4, 0.5) is 0 Å². The van der Waals surface area contributed by atoms with Gasteiger partial charge in [0.2, 0.25) is 0 Å². The topological polar surface area (TPSA) is 12.9 Å². The highest BCUT2D eigenvalue weighted by atomic mass is 35.5. The van der Waals surface area contributed by atoms with Crippen molar-refractivity contribution in [3.63, 3.8) is 0 Å². The number of rotatable bonds is 4. The van der Waals surface area contributed by atoms with Crippen molar-refractivity contribution in [2.45, 2.75) is 33.1 Å². The summed E-state index contributed by atoms with van der Waals surface area (Å²) in [4.78, 5) is 4.19. The lowest BCUT2D eigenvalue weighted by molar-refractivity contribution is 0.553. The maximum Gasteiger partial charge on any atom is 0.183 e. The van der Waals surface area contributed by atoms with Crippen molar-refractivity contribution < 1.29 is 0 Å². The highest BCUT2D eigenvalue weighted by molar-refractivity contribution is 7.13. The van der Waals surface area contributed by atoms with Crippen LogP contribution in [-0.2, 0) is 6.42 Å². The van der Waals surface area contributed by atoms with Gasteiger partial charge in [-0.1, -0.05) is 31.9 Å². The van der Waals surface area contributed by atoms with Crippen LogP contribution in [-0.4, -0.2) is 4.98 Å². The Morgan fingerprint density at radius 1 is 1.58 bits per heavy atom. The van der Waals surface area contributed by atoms with E-state index in [0.717, 1.165) is 18.0 Å². The Bertz CT molecular complexity index is 232. The van der Waals surface area contributed by atoms with Crippen molar-refractivity contribution in [2.24, 2.45) is 5.92 Å². The maximum atomic E-state index is 5.71. The minimum atomic E-state index is 0.662. The Hall–Kier alpha value is -0.0800. The van der Waals surface area contributed by atoms with Crippen LogP contribution in [0.2, 0.25) is 4.47 Å². The summed E-state index contributed by atoms with van der Waals surface area (Å²) in [6.45, 7) is 4.49. The number of aryl methyl sites for hydroxylation is 1. The fourth-order valence-electron chi connectivity index (χ4n) is 1.09. The molecule has 0 aliphatic heterocycles. The van der Waals surface area contributed by atoms with Gasteiger partial charge >= 0.3 is 0 Å². The van der Waals surface area contributed by atoms with Crippen LogP contribution in [0.1, 0.15) is 32.4 Å². The first kappa shape index (κ1) is 10.0. The summed E-state index contributed by atoms with van der Waals surface area (Å²) in [7, 11) is 0. The summed E-state index contributed by atoms with van der Waals surface area (Å²) in [6.07, 6.45) is 3.56.